The molecule has 0 aliphatic heterocycles. The zero-order valence-electron chi connectivity index (χ0n) is 12.5. The zero-order valence-corrected chi connectivity index (χ0v) is 12.5. The van der Waals surface area contributed by atoms with E-state index in [2.05, 4.69) is 10.3 Å². The maximum atomic E-state index is 12.3. The summed E-state index contributed by atoms with van der Waals surface area (Å²) in [7, 11) is 0. The molecule has 1 aromatic heterocycles. The molecule has 0 radical (unpaired) electrons. The smallest absolute Gasteiger partial charge is 0.224 e. The minimum Gasteiger partial charge on any atom is -0.346 e. The van der Waals surface area contributed by atoms with Gasteiger partial charge in [-0.25, -0.2) is 0 Å². The summed E-state index contributed by atoms with van der Waals surface area (Å²) in [6.07, 6.45) is 4.34. The summed E-state index contributed by atoms with van der Waals surface area (Å²) in [5.74, 6) is 0.251. The molecular formula is C16H22N2O2. The Morgan fingerprint density at radius 2 is 1.90 bits per heavy atom. The molecule has 2 rings (SSSR count). The number of hydrogen-bond acceptors (Lipinski definition) is 3. The van der Waals surface area contributed by atoms with E-state index < -0.39 is 6.04 Å². The van der Waals surface area contributed by atoms with E-state index in [1.165, 1.54) is 6.92 Å². The minimum atomic E-state index is -0.423. The fourth-order valence-electron chi connectivity index (χ4n) is 2.64. The molecule has 3 atom stereocenters. The first kappa shape index (κ1) is 14.7. The predicted molar refractivity (Wildman–Crippen MR) is 77.2 cm³/mol. The van der Waals surface area contributed by atoms with Crippen LogP contribution < -0.4 is 5.32 Å². The zero-order chi connectivity index (χ0) is 14.9. The first-order chi connectivity index (χ1) is 9.30. The topological polar surface area (TPSA) is 59.1 Å². The Labute approximate surface area is 120 Å². The second kappa shape index (κ2) is 5.35. The van der Waals surface area contributed by atoms with Crippen LogP contribution in [0.2, 0.25) is 0 Å². The molecule has 0 aromatic carbocycles. The molecule has 1 heterocycles. The number of nitrogens with zero attached hydrogens (tertiary/aromatic N) is 1. The second-order valence-electron chi connectivity index (χ2n) is 6.65. The lowest BCUT2D eigenvalue weighted by Gasteiger charge is -2.29. The van der Waals surface area contributed by atoms with Gasteiger partial charge in [0.25, 0.3) is 0 Å². The summed E-state index contributed by atoms with van der Waals surface area (Å²) in [5, 5.41) is 2.91. The van der Waals surface area contributed by atoms with Crippen LogP contribution in [0.15, 0.2) is 24.5 Å². The Morgan fingerprint density at radius 1 is 1.30 bits per heavy atom. The highest BCUT2D eigenvalue weighted by Gasteiger charge is 2.45. The molecule has 108 valence electrons. The predicted octanol–water partition coefficient (Wildman–Crippen LogP) is 2.30. The summed E-state index contributed by atoms with van der Waals surface area (Å²) in [4.78, 5) is 28.0. The Bertz CT molecular complexity index is 505. The van der Waals surface area contributed by atoms with Gasteiger partial charge in [0.15, 0.2) is 5.78 Å². The second-order valence-corrected chi connectivity index (χ2v) is 6.65. The van der Waals surface area contributed by atoms with Crippen molar-refractivity contribution >= 4 is 11.7 Å². The number of amides is 1. The molecule has 4 nitrogen and oxygen atoms in total. The molecule has 1 unspecified atom stereocenters. The Kier molecular flexibility index (Phi) is 3.93. The van der Waals surface area contributed by atoms with E-state index >= 15 is 0 Å². The van der Waals surface area contributed by atoms with E-state index in [9.17, 15) is 9.59 Å². The van der Waals surface area contributed by atoms with Crippen LogP contribution in [0.4, 0.5) is 0 Å². The molecule has 20 heavy (non-hydrogen) atoms. The summed E-state index contributed by atoms with van der Waals surface area (Å²) >= 11 is 0. The lowest BCUT2D eigenvalue weighted by atomic mass is 9.84. The number of ketones is 1. The summed E-state index contributed by atoms with van der Waals surface area (Å²) < 4.78 is 0. The van der Waals surface area contributed by atoms with Crippen molar-refractivity contribution in [2.75, 3.05) is 0 Å². The van der Waals surface area contributed by atoms with Crippen molar-refractivity contribution in [2.45, 2.75) is 46.1 Å². The molecule has 4 heteroatoms. The highest BCUT2D eigenvalue weighted by Crippen LogP contribution is 2.47. The first-order valence-corrected chi connectivity index (χ1v) is 7.01. The summed E-state index contributed by atoms with van der Waals surface area (Å²) in [6, 6.07) is 3.47. The van der Waals surface area contributed by atoms with Crippen LogP contribution in [0, 0.1) is 11.3 Å². The number of aromatic nitrogens is 1. The number of carbonyl (C=O) groups is 2. The van der Waals surface area contributed by atoms with Crippen LogP contribution in [-0.2, 0) is 9.59 Å². The third kappa shape index (κ3) is 3.24. The van der Waals surface area contributed by atoms with Gasteiger partial charge in [-0.15, -0.1) is 0 Å². The minimum absolute atomic E-state index is 0.00645. The normalized spacial score (nSPS) is 23.0. The molecular weight excluding hydrogens is 252 g/mol. The van der Waals surface area contributed by atoms with Crippen molar-refractivity contribution < 1.29 is 9.59 Å². The van der Waals surface area contributed by atoms with Gasteiger partial charge in [0.1, 0.15) is 0 Å². The molecule has 1 aliphatic carbocycles. The third-order valence-electron chi connectivity index (χ3n) is 3.82. The van der Waals surface area contributed by atoms with Gasteiger partial charge in [-0.3, -0.25) is 14.6 Å². The molecule has 0 bridgehead atoms. The lowest BCUT2D eigenvalue weighted by molar-refractivity contribution is -0.129. The van der Waals surface area contributed by atoms with Crippen molar-refractivity contribution in [2.24, 2.45) is 11.3 Å². The van der Waals surface area contributed by atoms with Gasteiger partial charge >= 0.3 is 0 Å². The standard InChI is InChI=1S/C16H22N2O2/c1-10(19)14(16(2,3)4)18-15(20)13-9-12(13)11-5-7-17-8-6-11/h5-8,12-14H,9H2,1-4H3,(H,18,20)/t12-,13?,14-/m1/s1. The highest BCUT2D eigenvalue weighted by atomic mass is 16.2. The maximum Gasteiger partial charge on any atom is 0.224 e. The largest absolute Gasteiger partial charge is 0.346 e. The van der Waals surface area contributed by atoms with Crippen molar-refractivity contribution in [1.82, 2.24) is 10.3 Å². The SMILES string of the molecule is CC(=O)[C@@H](NC(=O)C1C[C@@H]1c1ccncc1)C(C)(C)C. The van der Waals surface area contributed by atoms with E-state index in [0.717, 1.165) is 12.0 Å². The number of carbonyl (C=O) groups excluding carboxylic acids is 2. The van der Waals surface area contributed by atoms with Gasteiger partial charge in [0.2, 0.25) is 5.91 Å². The first-order valence-electron chi connectivity index (χ1n) is 7.01. The molecule has 0 spiro atoms. The van der Waals surface area contributed by atoms with Crippen LogP contribution in [0.1, 0.15) is 45.6 Å². The van der Waals surface area contributed by atoms with Crippen LogP contribution in [0.3, 0.4) is 0 Å². The van der Waals surface area contributed by atoms with E-state index in [-0.39, 0.29) is 28.9 Å². The fraction of sp³-hybridized carbons (Fsp3) is 0.562. The van der Waals surface area contributed by atoms with Crippen LogP contribution in [-0.4, -0.2) is 22.7 Å². The summed E-state index contributed by atoms with van der Waals surface area (Å²) in [6.45, 7) is 7.43. The molecule has 1 fully saturated rings. The molecule has 1 saturated carbocycles. The lowest BCUT2D eigenvalue weighted by Crippen LogP contribution is -2.48. The summed E-state index contributed by atoms with van der Waals surface area (Å²) in [5.41, 5.74) is 0.887. The number of rotatable bonds is 4. The van der Waals surface area contributed by atoms with Crippen LogP contribution in [0.25, 0.3) is 0 Å². The molecule has 1 aliphatic rings. The van der Waals surface area contributed by atoms with Gasteiger partial charge in [0.05, 0.1) is 6.04 Å². The Morgan fingerprint density at radius 3 is 2.40 bits per heavy atom. The quantitative estimate of drug-likeness (QED) is 0.916. The highest BCUT2D eigenvalue weighted by molar-refractivity contribution is 5.90. The average molecular weight is 274 g/mol. The molecule has 1 N–H and O–H groups in total. The Hall–Kier alpha value is -1.71. The molecule has 1 amide bonds. The van der Waals surface area contributed by atoms with E-state index in [1.54, 1.807) is 12.4 Å². The number of nitrogens with one attached hydrogen (secondary N) is 1. The van der Waals surface area contributed by atoms with Crippen LogP contribution in [0.5, 0.6) is 0 Å². The van der Waals surface area contributed by atoms with Crippen molar-refractivity contribution in [3.63, 3.8) is 0 Å². The van der Waals surface area contributed by atoms with E-state index in [4.69, 9.17) is 0 Å². The van der Waals surface area contributed by atoms with Gasteiger partial charge in [-0.05, 0) is 42.4 Å². The van der Waals surface area contributed by atoms with Gasteiger partial charge < -0.3 is 5.32 Å². The Balaban J connectivity index is 1.99. The number of Topliss-reactive ketones (excluding diaryl/α,β-unsaturated/α-hetero) is 1. The van der Waals surface area contributed by atoms with Crippen molar-refractivity contribution in [3.8, 4) is 0 Å². The molecule has 0 saturated heterocycles. The van der Waals surface area contributed by atoms with Gasteiger partial charge in [-0.1, -0.05) is 20.8 Å². The van der Waals surface area contributed by atoms with Crippen LogP contribution >= 0.6 is 0 Å². The van der Waals surface area contributed by atoms with Crippen molar-refractivity contribution in [1.29, 1.82) is 0 Å². The van der Waals surface area contributed by atoms with E-state index in [0.29, 0.717) is 0 Å². The van der Waals surface area contributed by atoms with E-state index in [1.807, 2.05) is 32.9 Å². The van der Waals surface area contributed by atoms with Crippen molar-refractivity contribution in [3.05, 3.63) is 30.1 Å². The van der Waals surface area contributed by atoms with Gasteiger partial charge in [0, 0.05) is 18.3 Å². The molecule has 1 aromatic rings. The maximum absolute atomic E-state index is 12.3. The monoisotopic (exact) mass is 274 g/mol. The fourth-order valence-corrected chi connectivity index (χ4v) is 2.64. The van der Waals surface area contributed by atoms with Gasteiger partial charge in [-0.2, -0.15) is 0 Å². The third-order valence-corrected chi connectivity index (χ3v) is 3.82. The number of pyridine rings is 1. The number of hydrogen-bond donors (Lipinski definition) is 1. The average Bonchev–Trinajstić information content (AvgIpc) is 3.15.